The average molecular weight is 389 g/mol. The van der Waals surface area contributed by atoms with Crippen LogP contribution in [-0.2, 0) is 0 Å². The van der Waals surface area contributed by atoms with Crippen LogP contribution in [0.25, 0.3) is 0 Å². The summed E-state index contributed by atoms with van der Waals surface area (Å²) < 4.78 is 2.23. The van der Waals surface area contributed by atoms with E-state index in [2.05, 4.69) is 80.7 Å². The zero-order chi connectivity index (χ0) is 13.1. The van der Waals surface area contributed by atoms with Crippen molar-refractivity contribution in [1.29, 1.82) is 0 Å². The SMILES string of the molecule is CCNC(c1ccc(Br)cc1Br)c1sccc1C. The van der Waals surface area contributed by atoms with Crippen LogP contribution in [0.5, 0.6) is 0 Å². The van der Waals surface area contributed by atoms with E-state index in [9.17, 15) is 0 Å². The van der Waals surface area contributed by atoms with Crippen LogP contribution < -0.4 is 5.32 Å². The van der Waals surface area contributed by atoms with E-state index in [1.165, 1.54) is 16.0 Å². The highest BCUT2D eigenvalue weighted by Gasteiger charge is 2.18. The Balaban J connectivity index is 2.45. The first-order valence-electron chi connectivity index (χ1n) is 5.85. The van der Waals surface area contributed by atoms with Gasteiger partial charge in [0.1, 0.15) is 0 Å². The monoisotopic (exact) mass is 387 g/mol. The Morgan fingerprint density at radius 2 is 2.06 bits per heavy atom. The number of hydrogen-bond acceptors (Lipinski definition) is 2. The van der Waals surface area contributed by atoms with Gasteiger partial charge in [0.25, 0.3) is 0 Å². The van der Waals surface area contributed by atoms with E-state index in [0.717, 1.165) is 15.5 Å². The van der Waals surface area contributed by atoms with Crippen LogP contribution in [0.3, 0.4) is 0 Å². The average Bonchev–Trinajstić information content (AvgIpc) is 2.73. The van der Waals surface area contributed by atoms with Crippen molar-refractivity contribution in [3.8, 4) is 0 Å². The molecule has 0 aliphatic rings. The molecule has 0 amide bonds. The standard InChI is InChI=1S/C14H15Br2NS/c1-3-17-13(14-9(2)6-7-18-14)11-5-4-10(15)8-12(11)16/h4-8,13,17H,3H2,1-2H3. The van der Waals surface area contributed by atoms with Crippen LogP contribution in [0, 0.1) is 6.92 Å². The molecule has 0 saturated carbocycles. The van der Waals surface area contributed by atoms with Crippen molar-refractivity contribution in [3.05, 3.63) is 54.6 Å². The number of rotatable bonds is 4. The largest absolute Gasteiger partial charge is 0.306 e. The van der Waals surface area contributed by atoms with Crippen LogP contribution >= 0.6 is 43.2 Å². The highest BCUT2D eigenvalue weighted by atomic mass is 79.9. The predicted molar refractivity (Wildman–Crippen MR) is 86.4 cm³/mol. The van der Waals surface area contributed by atoms with Crippen molar-refractivity contribution in [2.24, 2.45) is 0 Å². The molecule has 1 aromatic carbocycles. The van der Waals surface area contributed by atoms with Crippen molar-refractivity contribution in [2.75, 3.05) is 6.54 Å². The van der Waals surface area contributed by atoms with Gasteiger partial charge >= 0.3 is 0 Å². The molecule has 1 unspecified atom stereocenters. The molecule has 1 N–H and O–H groups in total. The van der Waals surface area contributed by atoms with Crippen LogP contribution in [0.2, 0.25) is 0 Å². The fraction of sp³-hybridized carbons (Fsp3) is 0.286. The summed E-state index contributed by atoms with van der Waals surface area (Å²) in [5, 5.41) is 5.72. The van der Waals surface area contributed by atoms with Crippen LogP contribution in [-0.4, -0.2) is 6.54 Å². The smallest absolute Gasteiger partial charge is 0.0684 e. The van der Waals surface area contributed by atoms with Gasteiger partial charge in [-0.25, -0.2) is 0 Å². The van der Waals surface area contributed by atoms with Gasteiger partial charge in [-0.2, -0.15) is 0 Å². The van der Waals surface area contributed by atoms with E-state index >= 15 is 0 Å². The third kappa shape index (κ3) is 3.05. The maximum atomic E-state index is 3.66. The Labute approximate surface area is 129 Å². The van der Waals surface area contributed by atoms with Crippen LogP contribution in [0.1, 0.15) is 29.0 Å². The lowest BCUT2D eigenvalue weighted by molar-refractivity contribution is 0.635. The fourth-order valence-electron chi connectivity index (χ4n) is 1.96. The molecule has 0 bridgehead atoms. The second kappa shape index (κ2) is 6.33. The molecule has 4 heteroatoms. The first-order valence-corrected chi connectivity index (χ1v) is 8.32. The highest BCUT2D eigenvalue weighted by molar-refractivity contribution is 9.11. The predicted octanol–water partition coefficient (Wildman–Crippen LogP) is 5.28. The van der Waals surface area contributed by atoms with E-state index in [-0.39, 0.29) is 6.04 Å². The molecule has 0 saturated heterocycles. The quantitative estimate of drug-likeness (QED) is 0.751. The van der Waals surface area contributed by atoms with E-state index in [1.54, 1.807) is 0 Å². The van der Waals surface area contributed by atoms with Gasteiger partial charge in [-0.3, -0.25) is 0 Å². The Hall–Kier alpha value is -0.160. The topological polar surface area (TPSA) is 12.0 Å². The van der Waals surface area contributed by atoms with Crippen molar-refractivity contribution in [1.82, 2.24) is 5.32 Å². The molecule has 1 heterocycles. The molecule has 96 valence electrons. The molecule has 0 aliphatic carbocycles. The summed E-state index contributed by atoms with van der Waals surface area (Å²) in [6.07, 6.45) is 0. The summed E-state index contributed by atoms with van der Waals surface area (Å²) in [5.74, 6) is 0. The molecule has 0 radical (unpaired) electrons. The zero-order valence-electron chi connectivity index (χ0n) is 10.3. The van der Waals surface area contributed by atoms with Gasteiger partial charge in [-0.15, -0.1) is 11.3 Å². The minimum absolute atomic E-state index is 0.262. The van der Waals surface area contributed by atoms with Gasteiger partial charge in [0.15, 0.2) is 0 Å². The Morgan fingerprint density at radius 3 is 2.61 bits per heavy atom. The van der Waals surface area contributed by atoms with E-state index < -0.39 is 0 Å². The summed E-state index contributed by atoms with van der Waals surface area (Å²) in [7, 11) is 0. The third-order valence-corrected chi connectivity index (χ3v) is 5.11. The number of hydrogen-bond donors (Lipinski definition) is 1. The van der Waals surface area contributed by atoms with Gasteiger partial charge in [-0.1, -0.05) is 44.8 Å². The molecule has 2 aromatic rings. The fourth-order valence-corrected chi connectivity index (χ4v) is 4.26. The summed E-state index contributed by atoms with van der Waals surface area (Å²) in [6.45, 7) is 5.26. The lowest BCUT2D eigenvalue weighted by Gasteiger charge is -2.20. The molecule has 2 rings (SSSR count). The van der Waals surface area contributed by atoms with Gasteiger partial charge in [-0.05, 0) is 48.2 Å². The summed E-state index contributed by atoms with van der Waals surface area (Å²) in [4.78, 5) is 1.39. The lowest BCUT2D eigenvalue weighted by Crippen LogP contribution is -2.22. The number of halogens is 2. The molecule has 1 atom stereocenters. The number of thiophene rings is 1. The van der Waals surface area contributed by atoms with Crippen LogP contribution in [0.15, 0.2) is 38.6 Å². The normalized spacial score (nSPS) is 12.7. The summed E-state index contributed by atoms with van der Waals surface area (Å²) in [6, 6.07) is 8.80. The number of benzene rings is 1. The molecular weight excluding hydrogens is 374 g/mol. The van der Waals surface area contributed by atoms with E-state index in [0.29, 0.717) is 0 Å². The van der Waals surface area contributed by atoms with Gasteiger partial charge < -0.3 is 5.32 Å². The van der Waals surface area contributed by atoms with Crippen molar-refractivity contribution in [2.45, 2.75) is 19.9 Å². The lowest BCUT2D eigenvalue weighted by atomic mass is 10.0. The Kier molecular flexibility index (Phi) is 5.01. The third-order valence-electron chi connectivity index (χ3n) is 2.85. The molecule has 1 nitrogen and oxygen atoms in total. The molecular formula is C14H15Br2NS. The molecule has 1 aromatic heterocycles. The van der Waals surface area contributed by atoms with Crippen LogP contribution in [0.4, 0.5) is 0 Å². The van der Waals surface area contributed by atoms with Gasteiger partial charge in [0, 0.05) is 13.8 Å². The molecule has 0 aliphatic heterocycles. The van der Waals surface area contributed by atoms with E-state index in [4.69, 9.17) is 0 Å². The summed E-state index contributed by atoms with van der Waals surface area (Å²) in [5.41, 5.74) is 2.63. The van der Waals surface area contributed by atoms with Crippen molar-refractivity contribution in [3.63, 3.8) is 0 Å². The van der Waals surface area contributed by atoms with Gasteiger partial charge in [0.05, 0.1) is 6.04 Å². The van der Waals surface area contributed by atoms with Crippen molar-refractivity contribution < 1.29 is 0 Å². The Morgan fingerprint density at radius 1 is 1.28 bits per heavy atom. The second-order valence-electron chi connectivity index (χ2n) is 4.12. The van der Waals surface area contributed by atoms with Gasteiger partial charge in [0.2, 0.25) is 0 Å². The highest BCUT2D eigenvalue weighted by Crippen LogP contribution is 2.34. The van der Waals surface area contributed by atoms with E-state index in [1.807, 2.05) is 11.3 Å². The first-order chi connectivity index (χ1) is 8.63. The molecule has 0 spiro atoms. The number of aryl methyl sites for hydroxylation is 1. The first kappa shape index (κ1) is 14.3. The molecule has 18 heavy (non-hydrogen) atoms. The summed E-state index contributed by atoms with van der Waals surface area (Å²) >= 11 is 8.97. The molecule has 0 fully saturated rings. The maximum absolute atomic E-state index is 3.66. The number of nitrogens with one attached hydrogen (secondary N) is 1. The minimum Gasteiger partial charge on any atom is -0.306 e. The van der Waals surface area contributed by atoms with Crippen molar-refractivity contribution >= 4 is 43.2 Å². The minimum atomic E-state index is 0.262. The maximum Gasteiger partial charge on any atom is 0.0684 e. The Bertz CT molecular complexity index is 536. The second-order valence-corrected chi connectivity index (χ2v) is 6.84. The zero-order valence-corrected chi connectivity index (χ0v) is 14.3.